The van der Waals surface area contributed by atoms with E-state index in [9.17, 15) is 22.3 Å². The van der Waals surface area contributed by atoms with E-state index >= 15 is 0 Å². The molecule has 0 fully saturated rings. The van der Waals surface area contributed by atoms with Crippen molar-refractivity contribution in [3.05, 3.63) is 17.7 Å². The van der Waals surface area contributed by atoms with E-state index in [0.29, 0.717) is 12.1 Å². The predicted molar refractivity (Wildman–Crippen MR) is 96.8 cm³/mol. The third-order valence-electron chi connectivity index (χ3n) is 3.25. The zero-order valence-electron chi connectivity index (χ0n) is 15.5. The van der Waals surface area contributed by atoms with Gasteiger partial charge in [0.1, 0.15) is 0 Å². The van der Waals surface area contributed by atoms with Crippen LogP contribution in [0.5, 0.6) is 0 Å². The topological polar surface area (TPSA) is 97.1 Å². The largest absolute Gasteiger partial charge is 0.416 e. The lowest BCUT2D eigenvalue weighted by Gasteiger charge is -2.24. The van der Waals surface area contributed by atoms with Gasteiger partial charge in [-0.25, -0.2) is 0 Å². The standard InChI is InChI=1S/C15H24F3NO6P2/c1-5-22-26(20,23-6-2)12-9-11(15(16,17)18)10-13(14(12)19)27(21,24-7-3)25-8-4/h9-10H,5-8,19H2,1-4H3. The van der Waals surface area contributed by atoms with Crippen molar-refractivity contribution in [3.63, 3.8) is 0 Å². The van der Waals surface area contributed by atoms with Crippen LogP contribution in [0.25, 0.3) is 0 Å². The second-order valence-electron chi connectivity index (χ2n) is 5.09. The van der Waals surface area contributed by atoms with E-state index < -0.39 is 43.2 Å². The lowest BCUT2D eigenvalue weighted by molar-refractivity contribution is -0.137. The minimum absolute atomic E-state index is 0.100. The van der Waals surface area contributed by atoms with E-state index in [1.54, 1.807) is 0 Å². The van der Waals surface area contributed by atoms with Crippen LogP contribution in [0.2, 0.25) is 0 Å². The molecule has 1 aromatic rings. The van der Waals surface area contributed by atoms with E-state index in [1.165, 1.54) is 27.7 Å². The van der Waals surface area contributed by atoms with E-state index in [1.807, 2.05) is 0 Å². The fourth-order valence-electron chi connectivity index (χ4n) is 2.27. The number of hydrogen-bond donors (Lipinski definition) is 1. The molecule has 0 aliphatic heterocycles. The summed E-state index contributed by atoms with van der Waals surface area (Å²) in [5.74, 6) is 0. The van der Waals surface area contributed by atoms with Crippen LogP contribution in [-0.4, -0.2) is 26.4 Å². The van der Waals surface area contributed by atoms with Gasteiger partial charge in [0.15, 0.2) is 0 Å². The third kappa shape index (κ3) is 5.56. The van der Waals surface area contributed by atoms with Crippen LogP contribution in [0.4, 0.5) is 18.9 Å². The molecule has 156 valence electrons. The number of alkyl halides is 3. The molecule has 0 heterocycles. The molecule has 0 bridgehead atoms. The molecule has 0 atom stereocenters. The van der Waals surface area contributed by atoms with Crippen molar-refractivity contribution in [3.8, 4) is 0 Å². The highest BCUT2D eigenvalue weighted by Gasteiger charge is 2.41. The molecule has 0 aliphatic rings. The number of hydrogen-bond acceptors (Lipinski definition) is 7. The van der Waals surface area contributed by atoms with Crippen LogP contribution in [0.1, 0.15) is 33.3 Å². The van der Waals surface area contributed by atoms with E-state index in [4.69, 9.17) is 23.8 Å². The summed E-state index contributed by atoms with van der Waals surface area (Å²) in [7, 11) is -8.39. The smallest absolute Gasteiger partial charge is 0.397 e. The Kier molecular flexibility index (Phi) is 8.53. The predicted octanol–water partition coefficient (Wildman–Crippen LogP) is 4.07. The summed E-state index contributed by atoms with van der Waals surface area (Å²) in [4.78, 5) is 0. The fraction of sp³-hybridized carbons (Fsp3) is 0.600. The van der Waals surface area contributed by atoms with Crippen LogP contribution in [0.3, 0.4) is 0 Å². The second-order valence-corrected chi connectivity index (χ2v) is 9.08. The van der Waals surface area contributed by atoms with Gasteiger partial charge in [-0.15, -0.1) is 0 Å². The Morgan fingerprint density at radius 1 is 0.815 bits per heavy atom. The normalized spacial score (nSPS) is 13.1. The zero-order chi connectivity index (χ0) is 20.9. The Labute approximate surface area is 156 Å². The summed E-state index contributed by atoms with van der Waals surface area (Å²) in [5, 5.41) is -1.06. The Morgan fingerprint density at radius 3 is 1.33 bits per heavy atom. The molecule has 7 nitrogen and oxygen atoms in total. The SMILES string of the molecule is CCOP(=O)(OCC)c1cc(C(F)(F)F)cc(P(=O)(OCC)OCC)c1N. The maximum absolute atomic E-state index is 13.4. The molecule has 0 aromatic heterocycles. The average molecular weight is 433 g/mol. The summed E-state index contributed by atoms with van der Waals surface area (Å²) >= 11 is 0. The molecule has 27 heavy (non-hydrogen) atoms. The minimum atomic E-state index is -4.83. The van der Waals surface area contributed by atoms with E-state index in [2.05, 4.69) is 0 Å². The molecular formula is C15H24F3NO6P2. The van der Waals surface area contributed by atoms with Gasteiger partial charge < -0.3 is 23.8 Å². The molecule has 0 aliphatic carbocycles. The number of nitrogen functional groups attached to an aromatic ring is 1. The highest BCUT2D eigenvalue weighted by Crippen LogP contribution is 2.53. The van der Waals surface area contributed by atoms with E-state index in [-0.39, 0.29) is 26.4 Å². The number of anilines is 1. The lowest BCUT2D eigenvalue weighted by Crippen LogP contribution is -2.27. The fourth-order valence-corrected chi connectivity index (χ4v) is 5.85. The van der Waals surface area contributed by atoms with Crippen molar-refractivity contribution in [2.24, 2.45) is 0 Å². The first-order chi connectivity index (χ1) is 12.5. The Hall–Kier alpha value is -0.890. The highest BCUT2D eigenvalue weighted by atomic mass is 31.2. The Morgan fingerprint density at radius 2 is 1.11 bits per heavy atom. The third-order valence-corrected chi connectivity index (χ3v) is 7.56. The van der Waals surface area contributed by atoms with Crippen LogP contribution >= 0.6 is 15.2 Å². The second kappa shape index (κ2) is 9.54. The highest BCUT2D eigenvalue weighted by molar-refractivity contribution is 7.64. The van der Waals surface area contributed by atoms with Gasteiger partial charge in [-0.3, -0.25) is 9.13 Å². The monoisotopic (exact) mass is 433 g/mol. The van der Waals surface area contributed by atoms with Crippen LogP contribution in [0, 0.1) is 0 Å². The van der Waals surface area contributed by atoms with Gasteiger partial charge in [0.2, 0.25) is 0 Å². The molecule has 0 spiro atoms. The molecule has 0 radical (unpaired) electrons. The summed E-state index contributed by atoms with van der Waals surface area (Å²) in [5.41, 5.74) is 4.29. The molecule has 0 saturated carbocycles. The summed E-state index contributed by atoms with van der Waals surface area (Å²) in [6, 6.07) is 1.15. The zero-order valence-corrected chi connectivity index (χ0v) is 17.3. The van der Waals surface area contributed by atoms with Gasteiger partial charge >= 0.3 is 21.4 Å². The Balaban J connectivity index is 3.85. The van der Waals surface area contributed by atoms with Gasteiger partial charge in [0, 0.05) is 0 Å². The minimum Gasteiger partial charge on any atom is -0.397 e. The first kappa shape index (κ1) is 24.1. The summed E-state index contributed by atoms with van der Waals surface area (Å²) in [6.45, 7) is 5.61. The first-order valence-electron chi connectivity index (χ1n) is 8.29. The van der Waals surface area contributed by atoms with Crippen molar-refractivity contribution >= 4 is 31.5 Å². The number of benzene rings is 1. The molecular weight excluding hydrogens is 409 g/mol. The molecule has 0 saturated heterocycles. The first-order valence-corrected chi connectivity index (χ1v) is 11.4. The molecule has 1 rings (SSSR count). The van der Waals surface area contributed by atoms with Crippen LogP contribution < -0.4 is 16.3 Å². The van der Waals surface area contributed by atoms with Crippen molar-refractivity contribution in [1.29, 1.82) is 0 Å². The molecule has 1 aromatic carbocycles. The van der Waals surface area contributed by atoms with Gasteiger partial charge in [0.25, 0.3) is 0 Å². The lowest BCUT2D eigenvalue weighted by atomic mass is 10.2. The van der Waals surface area contributed by atoms with Crippen LogP contribution in [0.15, 0.2) is 12.1 Å². The number of nitrogens with two attached hydrogens (primary N) is 1. The van der Waals surface area contributed by atoms with Gasteiger partial charge in [-0.05, 0) is 39.8 Å². The molecule has 2 N–H and O–H groups in total. The summed E-state index contributed by atoms with van der Waals surface area (Å²) < 4.78 is 86.8. The Bertz CT molecular complexity index is 670. The van der Waals surface area contributed by atoms with Gasteiger partial charge in [-0.1, -0.05) is 0 Å². The quantitative estimate of drug-likeness (QED) is 0.439. The van der Waals surface area contributed by atoms with E-state index in [0.717, 1.165) is 0 Å². The van der Waals surface area contributed by atoms with Crippen molar-refractivity contribution in [2.45, 2.75) is 33.9 Å². The molecule has 12 heteroatoms. The maximum Gasteiger partial charge on any atom is 0.416 e. The molecule has 0 unspecified atom stereocenters. The van der Waals surface area contributed by atoms with Gasteiger partial charge in [0.05, 0.1) is 48.3 Å². The average Bonchev–Trinajstić information content (AvgIpc) is 2.54. The van der Waals surface area contributed by atoms with Crippen LogP contribution in [-0.2, 0) is 33.4 Å². The van der Waals surface area contributed by atoms with Crippen molar-refractivity contribution in [1.82, 2.24) is 0 Å². The summed E-state index contributed by atoms with van der Waals surface area (Å²) in [6.07, 6.45) is -4.83. The molecule has 0 amide bonds. The number of rotatable bonds is 10. The van der Waals surface area contributed by atoms with Crippen molar-refractivity contribution < 1.29 is 40.4 Å². The maximum atomic E-state index is 13.4. The van der Waals surface area contributed by atoms with Gasteiger partial charge in [-0.2, -0.15) is 13.2 Å². The van der Waals surface area contributed by atoms with Crippen molar-refractivity contribution in [2.75, 3.05) is 32.2 Å². The number of halogens is 3.